The Morgan fingerprint density at radius 3 is 2.73 bits per heavy atom. The van der Waals surface area contributed by atoms with Crippen LogP contribution in [-0.2, 0) is 9.53 Å². The van der Waals surface area contributed by atoms with Crippen LogP contribution in [0.4, 0.5) is 0 Å². The molecule has 0 unspecified atom stereocenters. The van der Waals surface area contributed by atoms with E-state index >= 15 is 0 Å². The molecule has 2 aliphatic heterocycles. The lowest BCUT2D eigenvalue weighted by Crippen LogP contribution is -2.41. The lowest BCUT2D eigenvalue weighted by atomic mass is 9.98. The van der Waals surface area contributed by atoms with E-state index < -0.39 is 0 Å². The molecular formula is C23H33N5O2. The van der Waals surface area contributed by atoms with Crippen LogP contribution >= 0.6 is 0 Å². The average Bonchev–Trinajstić information content (AvgIpc) is 3.25. The highest BCUT2D eigenvalue weighted by Crippen LogP contribution is 2.24. The van der Waals surface area contributed by atoms with Crippen molar-refractivity contribution in [2.24, 2.45) is 10.8 Å². The van der Waals surface area contributed by atoms with Gasteiger partial charge in [0, 0.05) is 39.8 Å². The number of methoxy groups -OCH3 is 1. The van der Waals surface area contributed by atoms with Crippen molar-refractivity contribution in [3.05, 3.63) is 48.0 Å². The zero-order chi connectivity index (χ0) is 21.5. The number of nitrogens with two attached hydrogens (primary N) is 1. The molecule has 2 aliphatic rings. The zero-order valence-corrected chi connectivity index (χ0v) is 18.1. The van der Waals surface area contributed by atoms with Crippen LogP contribution in [0.2, 0.25) is 0 Å². The molecule has 0 spiro atoms. The van der Waals surface area contributed by atoms with Crippen LogP contribution in [0.5, 0.6) is 0 Å². The molecule has 0 radical (unpaired) electrons. The predicted octanol–water partition coefficient (Wildman–Crippen LogP) is 2.22. The van der Waals surface area contributed by atoms with Crippen molar-refractivity contribution >= 4 is 23.5 Å². The van der Waals surface area contributed by atoms with E-state index in [2.05, 4.69) is 34.7 Å². The van der Waals surface area contributed by atoms with Crippen molar-refractivity contribution in [1.82, 2.24) is 14.8 Å². The summed E-state index contributed by atoms with van der Waals surface area (Å²) in [7, 11) is 1.74. The van der Waals surface area contributed by atoms with Gasteiger partial charge in [0.25, 0.3) is 0 Å². The van der Waals surface area contributed by atoms with Crippen LogP contribution in [0.15, 0.2) is 41.9 Å². The Morgan fingerprint density at radius 2 is 2.13 bits per heavy atom. The van der Waals surface area contributed by atoms with Gasteiger partial charge in [-0.3, -0.25) is 9.69 Å². The second-order valence-corrected chi connectivity index (χ2v) is 7.80. The molecule has 162 valence electrons. The monoisotopic (exact) mass is 411 g/mol. The standard InChI is InChI=1S/C23H33N5O2/c1-4-28(24)17-25-18(2)19-5-7-20(8-6-19)21-9-13-27(14-10-21)23(29)16-26-12-11-22(15-26)30-3/h5-9,17,22H,2,4,10-16,24H2,1,3H3/t22-/m0/s1. The number of benzene rings is 1. The molecule has 0 saturated carbocycles. The minimum absolute atomic E-state index is 0.201. The van der Waals surface area contributed by atoms with Crippen LogP contribution in [0.1, 0.15) is 30.9 Å². The first kappa shape index (κ1) is 22.2. The van der Waals surface area contributed by atoms with Crippen molar-refractivity contribution in [3.8, 4) is 0 Å². The third-order valence-electron chi connectivity index (χ3n) is 5.80. The van der Waals surface area contributed by atoms with Gasteiger partial charge in [-0.25, -0.2) is 10.8 Å². The summed E-state index contributed by atoms with van der Waals surface area (Å²) in [5.74, 6) is 5.91. The summed E-state index contributed by atoms with van der Waals surface area (Å²) in [5, 5.41) is 1.51. The summed E-state index contributed by atoms with van der Waals surface area (Å²) in [5.41, 5.74) is 4.10. The molecule has 0 bridgehead atoms. The van der Waals surface area contributed by atoms with E-state index in [4.69, 9.17) is 10.6 Å². The summed E-state index contributed by atoms with van der Waals surface area (Å²) in [6, 6.07) is 8.24. The molecule has 2 N–H and O–H groups in total. The summed E-state index contributed by atoms with van der Waals surface area (Å²) < 4.78 is 5.39. The molecular weight excluding hydrogens is 378 g/mol. The zero-order valence-electron chi connectivity index (χ0n) is 18.1. The molecule has 1 amide bonds. The maximum atomic E-state index is 12.6. The van der Waals surface area contributed by atoms with E-state index in [0.29, 0.717) is 25.3 Å². The predicted molar refractivity (Wildman–Crippen MR) is 122 cm³/mol. The number of carbonyl (C=O) groups excluding carboxylic acids is 1. The van der Waals surface area contributed by atoms with Gasteiger partial charge < -0.3 is 14.6 Å². The van der Waals surface area contributed by atoms with Crippen LogP contribution in [0.3, 0.4) is 0 Å². The summed E-state index contributed by atoms with van der Waals surface area (Å²) in [6.45, 7) is 10.3. The molecule has 1 aromatic carbocycles. The highest BCUT2D eigenvalue weighted by molar-refractivity contribution is 5.80. The molecule has 30 heavy (non-hydrogen) atoms. The normalized spacial score (nSPS) is 19.9. The van der Waals surface area contributed by atoms with Crippen molar-refractivity contribution in [2.45, 2.75) is 25.9 Å². The molecule has 1 saturated heterocycles. The highest BCUT2D eigenvalue weighted by Gasteiger charge is 2.26. The lowest BCUT2D eigenvalue weighted by molar-refractivity contribution is -0.131. The molecule has 2 heterocycles. The highest BCUT2D eigenvalue weighted by atomic mass is 16.5. The van der Waals surface area contributed by atoms with Gasteiger partial charge >= 0.3 is 0 Å². The first-order valence-electron chi connectivity index (χ1n) is 10.6. The van der Waals surface area contributed by atoms with E-state index in [1.54, 1.807) is 13.4 Å². The Bertz CT molecular complexity index is 802. The SMILES string of the molecule is C=C(N=CN(N)CC)c1ccc(C2=CCN(C(=O)CN3CC[C@H](OC)C3)CC2)cc1. The van der Waals surface area contributed by atoms with E-state index in [0.717, 1.165) is 38.0 Å². The number of nitrogens with zero attached hydrogens (tertiary/aromatic N) is 4. The van der Waals surface area contributed by atoms with Gasteiger partial charge in [-0.05, 0) is 36.5 Å². The van der Waals surface area contributed by atoms with E-state index in [1.165, 1.54) is 16.1 Å². The molecule has 0 aromatic heterocycles. The molecule has 7 nitrogen and oxygen atoms in total. The van der Waals surface area contributed by atoms with Gasteiger partial charge in [0.1, 0.15) is 6.34 Å². The number of hydrazine groups is 1. The second-order valence-electron chi connectivity index (χ2n) is 7.80. The van der Waals surface area contributed by atoms with E-state index in [9.17, 15) is 4.79 Å². The maximum Gasteiger partial charge on any atom is 0.237 e. The Hall–Kier alpha value is -2.48. The Kier molecular flexibility index (Phi) is 7.79. The molecule has 1 aromatic rings. The number of amides is 1. The Labute approximate surface area is 179 Å². The number of carbonyl (C=O) groups is 1. The van der Waals surface area contributed by atoms with Crippen molar-refractivity contribution in [2.75, 3.05) is 46.4 Å². The quantitative estimate of drug-likeness (QED) is 0.307. The molecule has 7 heteroatoms. The van der Waals surface area contributed by atoms with Crippen molar-refractivity contribution in [3.63, 3.8) is 0 Å². The first-order chi connectivity index (χ1) is 14.5. The second kappa shape index (κ2) is 10.5. The van der Waals surface area contributed by atoms with Crippen LogP contribution in [-0.4, -0.2) is 79.5 Å². The number of aliphatic imine (C=N–C) groups is 1. The van der Waals surface area contributed by atoms with Gasteiger partial charge in [-0.15, -0.1) is 0 Å². The maximum absolute atomic E-state index is 12.6. The fourth-order valence-electron chi connectivity index (χ4n) is 3.76. The van der Waals surface area contributed by atoms with Gasteiger partial charge in [0.05, 0.1) is 18.3 Å². The summed E-state index contributed by atoms with van der Waals surface area (Å²) in [4.78, 5) is 21.1. The van der Waals surface area contributed by atoms with E-state index in [-0.39, 0.29) is 12.0 Å². The van der Waals surface area contributed by atoms with Gasteiger partial charge in [-0.2, -0.15) is 0 Å². The number of rotatable bonds is 8. The van der Waals surface area contributed by atoms with Gasteiger partial charge in [-0.1, -0.05) is 36.9 Å². The van der Waals surface area contributed by atoms with Crippen LogP contribution in [0.25, 0.3) is 11.3 Å². The van der Waals surface area contributed by atoms with Gasteiger partial charge in [0.2, 0.25) is 5.91 Å². The van der Waals surface area contributed by atoms with Gasteiger partial charge in [0.15, 0.2) is 0 Å². The molecule has 0 aliphatic carbocycles. The fraction of sp³-hybridized carbons (Fsp3) is 0.478. The smallest absolute Gasteiger partial charge is 0.237 e. The van der Waals surface area contributed by atoms with Crippen molar-refractivity contribution < 1.29 is 9.53 Å². The minimum atomic E-state index is 0.201. The topological polar surface area (TPSA) is 74.4 Å². The van der Waals surface area contributed by atoms with Crippen molar-refractivity contribution in [1.29, 1.82) is 0 Å². The van der Waals surface area contributed by atoms with E-state index in [1.807, 2.05) is 24.0 Å². The fourth-order valence-corrected chi connectivity index (χ4v) is 3.76. The third kappa shape index (κ3) is 5.78. The molecule has 1 fully saturated rings. The number of hydrogen-bond acceptors (Lipinski definition) is 5. The lowest BCUT2D eigenvalue weighted by Gasteiger charge is -2.28. The molecule has 3 rings (SSSR count). The summed E-state index contributed by atoms with van der Waals surface area (Å²) >= 11 is 0. The molecule has 1 atom stereocenters. The largest absolute Gasteiger partial charge is 0.380 e. The van der Waals surface area contributed by atoms with Crippen LogP contribution < -0.4 is 5.84 Å². The Balaban J connectivity index is 1.53. The third-order valence-corrected chi connectivity index (χ3v) is 5.80. The average molecular weight is 412 g/mol. The number of likely N-dealkylation sites (tertiary alicyclic amines) is 1. The number of hydrogen-bond donors (Lipinski definition) is 1. The first-order valence-corrected chi connectivity index (χ1v) is 10.6. The Morgan fingerprint density at radius 1 is 1.37 bits per heavy atom. The van der Waals surface area contributed by atoms with Crippen LogP contribution in [0, 0.1) is 0 Å². The summed E-state index contributed by atoms with van der Waals surface area (Å²) in [6.07, 6.45) is 5.88. The number of ether oxygens (including phenoxy) is 1. The minimum Gasteiger partial charge on any atom is -0.380 e.